The highest BCUT2D eigenvalue weighted by molar-refractivity contribution is 6.36. The summed E-state index contributed by atoms with van der Waals surface area (Å²) in [5.74, 6) is -0.638. The van der Waals surface area contributed by atoms with Gasteiger partial charge in [0.05, 0.1) is 18.7 Å². The second kappa shape index (κ2) is 13.2. The van der Waals surface area contributed by atoms with Gasteiger partial charge < -0.3 is 24.7 Å². The van der Waals surface area contributed by atoms with Crippen molar-refractivity contribution < 1.29 is 18.7 Å². The fourth-order valence-corrected chi connectivity index (χ4v) is 5.78. The van der Waals surface area contributed by atoms with Crippen molar-refractivity contribution in [2.45, 2.75) is 32.4 Å². The lowest BCUT2D eigenvalue weighted by Crippen LogP contribution is -2.40. The lowest BCUT2D eigenvalue weighted by Gasteiger charge is -2.24. The van der Waals surface area contributed by atoms with Crippen molar-refractivity contribution in [3.63, 3.8) is 0 Å². The molecule has 0 saturated carbocycles. The number of halogens is 2. The number of methoxy groups -OCH3 is 1. The van der Waals surface area contributed by atoms with Crippen molar-refractivity contribution in [2.24, 2.45) is 14.1 Å². The number of carbonyl (C=O) groups is 1. The molecule has 0 aliphatic carbocycles. The molecule has 0 unspecified atom stereocenters. The zero-order valence-electron chi connectivity index (χ0n) is 25.0. The van der Waals surface area contributed by atoms with Crippen LogP contribution < -0.4 is 26.6 Å². The Labute approximate surface area is 259 Å². The molecule has 1 atom stereocenters. The first kappa shape index (κ1) is 31.2. The Morgan fingerprint density at radius 1 is 1.11 bits per heavy atom. The fourth-order valence-electron chi connectivity index (χ4n) is 5.45. The van der Waals surface area contributed by atoms with Crippen LogP contribution in [0.15, 0.2) is 64.3 Å². The van der Waals surface area contributed by atoms with E-state index in [1.807, 2.05) is 31.2 Å². The lowest BCUT2D eigenvalue weighted by molar-refractivity contribution is 0.0697. The first-order valence-corrected chi connectivity index (χ1v) is 14.6. The molecule has 4 aromatic rings. The quantitative estimate of drug-likeness (QED) is 0.286. The van der Waals surface area contributed by atoms with Gasteiger partial charge in [0.25, 0.3) is 11.5 Å². The molecule has 0 radical (unpaired) electrons. The first-order valence-electron chi connectivity index (χ1n) is 14.2. The standard InChI is InChI=1S/C33H34ClFN4O5/c1-19-22(9-6-12-28(19)37-31(40)26-17-38(2)33(42)39(3)32(26)41)24-11-5-10-23(30(24)34)20-14-27(35)25(29(15-20)43-4)16-36-21-8-7-13-44-18-21/h5-6,9-12,14-15,17,21,36H,7-8,13,16,18H2,1-4H3,(H,37,40)/t21-/m0/s1. The third-order valence-electron chi connectivity index (χ3n) is 7.98. The number of aryl methyl sites for hydroxylation is 1. The minimum absolute atomic E-state index is 0.161. The molecule has 1 fully saturated rings. The molecule has 2 heterocycles. The van der Waals surface area contributed by atoms with E-state index in [2.05, 4.69) is 10.6 Å². The van der Waals surface area contributed by atoms with Gasteiger partial charge >= 0.3 is 5.69 Å². The number of anilines is 1. The number of hydrogen-bond acceptors (Lipinski definition) is 6. The number of hydrogen-bond donors (Lipinski definition) is 2. The Hall–Kier alpha value is -4.25. The predicted molar refractivity (Wildman–Crippen MR) is 169 cm³/mol. The van der Waals surface area contributed by atoms with E-state index in [9.17, 15) is 14.4 Å². The van der Waals surface area contributed by atoms with E-state index >= 15 is 4.39 Å². The molecule has 44 heavy (non-hydrogen) atoms. The number of aromatic nitrogens is 2. The van der Waals surface area contributed by atoms with E-state index in [0.717, 1.165) is 29.6 Å². The molecular weight excluding hydrogens is 587 g/mol. The van der Waals surface area contributed by atoms with Gasteiger partial charge in [-0.05, 0) is 54.7 Å². The van der Waals surface area contributed by atoms with Crippen LogP contribution in [0, 0.1) is 12.7 Å². The molecular formula is C33H34ClFN4O5. The molecule has 1 saturated heterocycles. The largest absolute Gasteiger partial charge is 0.496 e. The van der Waals surface area contributed by atoms with Crippen LogP contribution in [0.5, 0.6) is 5.75 Å². The highest BCUT2D eigenvalue weighted by Crippen LogP contribution is 2.40. The molecule has 11 heteroatoms. The zero-order valence-corrected chi connectivity index (χ0v) is 25.8. The number of benzene rings is 3. The molecule has 1 amide bonds. The molecule has 2 N–H and O–H groups in total. The Balaban J connectivity index is 1.45. The number of rotatable bonds is 8. The van der Waals surface area contributed by atoms with Crippen molar-refractivity contribution in [2.75, 3.05) is 25.6 Å². The molecule has 9 nitrogen and oxygen atoms in total. The van der Waals surface area contributed by atoms with Gasteiger partial charge in [-0.1, -0.05) is 41.9 Å². The topological polar surface area (TPSA) is 104 Å². The minimum atomic E-state index is -0.692. The van der Waals surface area contributed by atoms with E-state index in [-0.39, 0.29) is 11.6 Å². The Morgan fingerprint density at radius 2 is 1.84 bits per heavy atom. The SMILES string of the molecule is COc1cc(-c2cccc(-c3cccc(NC(=O)c4cn(C)c(=O)n(C)c4=O)c3C)c2Cl)cc(F)c1CN[C@H]1CCCOC1. The summed E-state index contributed by atoms with van der Waals surface area (Å²) in [6.07, 6.45) is 3.16. The maximum atomic E-state index is 15.5. The van der Waals surface area contributed by atoms with Gasteiger partial charge in [0.1, 0.15) is 17.1 Å². The number of nitrogens with zero attached hydrogens (tertiary/aromatic N) is 2. The molecule has 5 rings (SSSR count). The molecule has 0 spiro atoms. The summed E-state index contributed by atoms with van der Waals surface area (Å²) in [5, 5.41) is 6.56. The maximum absolute atomic E-state index is 15.5. The van der Waals surface area contributed by atoms with Gasteiger partial charge in [0.15, 0.2) is 0 Å². The Morgan fingerprint density at radius 3 is 2.57 bits per heavy atom. The summed E-state index contributed by atoms with van der Waals surface area (Å²) in [6, 6.07) is 14.2. The fraction of sp³-hybridized carbons (Fsp3) is 0.303. The van der Waals surface area contributed by atoms with Crippen molar-refractivity contribution in [3.8, 4) is 28.0 Å². The maximum Gasteiger partial charge on any atom is 0.330 e. The summed E-state index contributed by atoms with van der Waals surface area (Å²) >= 11 is 6.97. The van der Waals surface area contributed by atoms with Crippen molar-refractivity contribution in [1.29, 1.82) is 0 Å². The van der Waals surface area contributed by atoms with E-state index in [1.54, 1.807) is 18.2 Å². The van der Waals surface area contributed by atoms with Crippen LogP contribution in [0.3, 0.4) is 0 Å². The average molecular weight is 621 g/mol. The summed E-state index contributed by atoms with van der Waals surface area (Å²) in [5.41, 5.74) is 2.82. The van der Waals surface area contributed by atoms with Gasteiger partial charge in [-0.3, -0.25) is 14.2 Å². The van der Waals surface area contributed by atoms with Gasteiger partial charge in [-0.2, -0.15) is 0 Å². The van der Waals surface area contributed by atoms with Gasteiger partial charge in [0.2, 0.25) is 0 Å². The van der Waals surface area contributed by atoms with Crippen molar-refractivity contribution in [1.82, 2.24) is 14.5 Å². The van der Waals surface area contributed by atoms with Crippen LogP contribution in [0.1, 0.15) is 34.3 Å². The zero-order chi connectivity index (χ0) is 31.5. The van der Waals surface area contributed by atoms with Crippen LogP contribution in [0.4, 0.5) is 10.1 Å². The van der Waals surface area contributed by atoms with Crippen molar-refractivity contribution >= 4 is 23.2 Å². The van der Waals surface area contributed by atoms with Crippen LogP contribution in [0.25, 0.3) is 22.3 Å². The summed E-state index contributed by atoms with van der Waals surface area (Å²) < 4.78 is 28.7. The molecule has 1 aliphatic heterocycles. The second-order valence-corrected chi connectivity index (χ2v) is 11.2. The Bertz CT molecular complexity index is 1850. The number of ether oxygens (including phenoxy) is 2. The lowest BCUT2D eigenvalue weighted by atomic mass is 9.94. The highest BCUT2D eigenvalue weighted by atomic mass is 35.5. The number of nitrogens with one attached hydrogen (secondary N) is 2. The average Bonchev–Trinajstić information content (AvgIpc) is 3.02. The highest BCUT2D eigenvalue weighted by Gasteiger charge is 2.21. The van der Waals surface area contributed by atoms with E-state index in [0.29, 0.717) is 57.4 Å². The smallest absolute Gasteiger partial charge is 0.330 e. The van der Waals surface area contributed by atoms with Gasteiger partial charge in [0, 0.05) is 61.9 Å². The third-order valence-corrected chi connectivity index (χ3v) is 8.38. The summed E-state index contributed by atoms with van der Waals surface area (Å²) in [4.78, 5) is 37.7. The van der Waals surface area contributed by atoms with Crippen LogP contribution in [-0.4, -0.2) is 41.4 Å². The van der Waals surface area contributed by atoms with E-state index in [4.69, 9.17) is 21.1 Å². The van der Waals surface area contributed by atoms with Gasteiger partial charge in [-0.15, -0.1) is 0 Å². The molecule has 0 bridgehead atoms. The van der Waals surface area contributed by atoms with Crippen molar-refractivity contribution in [3.05, 3.63) is 103 Å². The normalized spacial score (nSPS) is 14.8. The predicted octanol–water partition coefficient (Wildman–Crippen LogP) is 5.05. The summed E-state index contributed by atoms with van der Waals surface area (Å²) in [6.45, 7) is 3.48. The monoisotopic (exact) mass is 620 g/mol. The Kier molecular flexibility index (Phi) is 9.33. The second-order valence-electron chi connectivity index (χ2n) is 10.8. The number of amides is 1. The van der Waals surface area contributed by atoms with E-state index in [1.165, 1.54) is 38.0 Å². The van der Waals surface area contributed by atoms with Crippen LogP contribution >= 0.6 is 11.6 Å². The summed E-state index contributed by atoms with van der Waals surface area (Å²) in [7, 11) is 4.30. The van der Waals surface area contributed by atoms with Gasteiger partial charge in [-0.25, -0.2) is 9.18 Å². The minimum Gasteiger partial charge on any atom is -0.496 e. The molecule has 1 aliphatic rings. The molecule has 1 aromatic heterocycles. The first-order chi connectivity index (χ1) is 21.1. The van der Waals surface area contributed by atoms with E-state index < -0.39 is 23.0 Å². The molecule has 3 aromatic carbocycles. The van der Waals surface area contributed by atoms with Crippen LogP contribution in [0.2, 0.25) is 5.02 Å². The third kappa shape index (κ3) is 6.19. The molecule has 230 valence electrons. The number of carbonyl (C=O) groups excluding carboxylic acids is 1. The van der Waals surface area contributed by atoms with Crippen LogP contribution in [-0.2, 0) is 25.4 Å².